The molecule has 0 bridgehead atoms. The van der Waals surface area contributed by atoms with Gasteiger partial charge in [-0.05, 0) is 42.5 Å². The number of hydrogen-bond donors (Lipinski definition) is 2. The SMILES string of the molecule is O=C(CC(=O)Nc1cc(Cl)cc(Cl)c1)Nc1ccc(F)cc1. The van der Waals surface area contributed by atoms with Crippen molar-refractivity contribution in [3.8, 4) is 0 Å². The van der Waals surface area contributed by atoms with Crippen molar-refractivity contribution >= 4 is 46.4 Å². The molecule has 7 heteroatoms. The predicted octanol–water partition coefficient (Wildman–Crippen LogP) is 4.10. The van der Waals surface area contributed by atoms with Crippen LogP contribution in [0.1, 0.15) is 6.42 Å². The maximum absolute atomic E-state index is 12.7. The lowest BCUT2D eigenvalue weighted by Gasteiger charge is -2.07. The highest BCUT2D eigenvalue weighted by Gasteiger charge is 2.11. The first-order valence-electron chi connectivity index (χ1n) is 6.24. The summed E-state index contributed by atoms with van der Waals surface area (Å²) in [5.74, 6) is -1.44. The number of hydrogen-bond acceptors (Lipinski definition) is 2. The summed E-state index contributed by atoms with van der Waals surface area (Å²) in [4.78, 5) is 23.5. The summed E-state index contributed by atoms with van der Waals surface area (Å²) in [5, 5.41) is 5.76. The minimum Gasteiger partial charge on any atom is -0.326 e. The van der Waals surface area contributed by atoms with Gasteiger partial charge in [-0.25, -0.2) is 4.39 Å². The lowest BCUT2D eigenvalue weighted by molar-refractivity contribution is -0.123. The fourth-order valence-corrected chi connectivity index (χ4v) is 2.24. The fraction of sp³-hybridized carbons (Fsp3) is 0.0667. The van der Waals surface area contributed by atoms with Gasteiger partial charge >= 0.3 is 0 Å². The second-order valence-electron chi connectivity index (χ2n) is 4.44. The highest BCUT2D eigenvalue weighted by atomic mass is 35.5. The van der Waals surface area contributed by atoms with E-state index in [0.29, 0.717) is 21.4 Å². The summed E-state index contributed by atoms with van der Waals surface area (Å²) in [7, 11) is 0. The Hall–Kier alpha value is -2.11. The van der Waals surface area contributed by atoms with Crippen molar-refractivity contribution in [2.45, 2.75) is 6.42 Å². The highest BCUT2D eigenvalue weighted by Crippen LogP contribution is 2.22. The van der Waals surface area contributed by atoms with Crippen LogP contribution in [0.5, 0.6) is 0 Å². The van der Waals surface area contributed by atoms with Gasteiger partial charge in [-0.1, -0.05) is 23.2 Å². The zero-order valence-electron chi connectivity index (χ0n) is 11.2. The highest BCUT2D eigenvalue weighted by molar-refractivity contribution is 6.35. The summed E-state index contributed by atoms with van der Waals surface area (Å²) < 4.78 is 12.7. The van der Waals surface area contributed by atoms with Crippen LogP contribution in [0.15, 0.2) is 42.5 Å². The molecule has 2 rings (SSSR count). The molecule has 2 N–H and O–H groups in total. The van der Waals surface area contributed by atoms with Crippen LogP contribution < -0.4 is 10.6 Å². The van der Waals surface area contributed by atoms with Gasteiger partial charge < -0.3 is 10.6 Å². The van der Waals surface area contributed by atoms with Crippen LogP contribution in [0, 0.1) is 5.82 Å². The van der Waals surface area contributed by atoms with Crippen LogP contribution in [0.4, 0.5) is 15.8 Å². The van der Waals surface area contributed by atoms with E-state index < -0.39 is 17.6 Å². The van der Waals surface area contributed by atoms with E-state index in [9.17, 15) is 14.0 Å². The number of carbonyl (C=O) groups excluding carboxylic acids is 2. The van der Waals surface area contributed by atoms with Gasteiger partial charge in [0, 0.05) is 21.4 Å². The number of amides is 2. The van der Waals surface area contributed by atoms with Gasteiger partial charge in [0.05, 0.1) is 0 Å². The Morgan fingerprint density at radius 1 is 0.864 bits per heavy atom. The van der Waals surface area contributed by atoms with Gasteiger partial charge in [-0.2, -0.15) is 0 Å². The summed E-state index contributed by atoms with van der Waals surface area (Å²) in [6.45, 7) is 0. The van der Waals surface area contributed by atoms with Gasteiger partial charge in [0.1, 0.15) is 12.2 Å². The molecular weight excluding hydrogens is 330 g/mol. The third-order valence-corrected chi connectivity index (χ3v) is 3.03. The zero-order valence-corrected chi connectivity index (χ0v) is 12.7. The van der Waals surface area contributed by atoms with E-state index in [1.165, 1.54) is 42.5 Å². The lowest BCUT2D eigenvalue weighted by Crippen LogP contribution is -2.21. The first-order chi connectivity index (χ1) is 10.4. The molecule has 0 aliphatic carbocycles. The van der Waals surface area contributed by atoms with Crippen LogP contribution in [0.3, 0.4) is 0 Å². The van der Waals surface area contributed by atoms with E-state index in [-0.39, 0.29) is 6.42 Å². The van der Waals surface area contributed by atoms with Gasteiger partial charge in [-0.3, -0.25) is 9.59 Å². The molecule has 0 aromatic heterocycles. The minimum atomic E-state index is -0.516. The molecule has 0 spiro atoms. The first kappa shape index (κ1) is 16.3. The van der Waals surface area contributed by atoms with Gasteiger partial charge in [0.25, 0.3) is 0 Å². The number of nitrogens with one attached hydrogen (secondary N) is 2. The van der Waals surface area contributed by atoms with E-state index in [1.54, 1.807) is 0 Å². The molecule has 0 heterocycles. The molecule has 0 fully saturated rings. The number of anilines is 2. The molecule has 0 aliphatic heterocycles. The molecule has 0 saturated heterocycles. The smallest absolute Gasteiger partial charge is 0.233 e. The summed E-state index contributed by atoms with van der Waals surface area (Å²) in [6.07, 6.45) is -0.387. The largest absolute Gasteiger partial charge is 0.326 e. The number of carbonyl (C=O) groups is 2. The van der Waals surface area contributed by atoms with Crippen LogP contribution >= 0.6 is 23.2 Å². The maximum atomic E-state index is 12.7. The van der Waals surface area contributed by atoms with Crippen LogP contribution in [-0.2, 0) is 9.59 Å². The number of halogens is 3. The third kappa shape index (κ3) is 5.02. The van der Waals surface area contributed by atoms with E-state index in [1.807, 2.05) is 0 Å². The van der Waals surface area contributed by atoms with Crippen LogP contribution in [-0.4, -0.2) is 11.8 Å². The maximum Gasteiger partial charge on any atom is 0.233 e. The van der Waals surface area contributed by atoms with Crippen molar-refractivity contribution in [3.05, 3.63) is 58.3 Å². The Labute approximate surface area is 136 Å². The molecule has 22 heavy (non-hydrogen) atoms. The van der Waals surface area contributed by atoms with Crippen molar-refractivity contribution in [3.63, 3.8) is 0 Å². The Kier molecular flexibility index (Phi) is 5.35. The monoisotopic (exact) mass is 340 g/mol. The lowest BCUT2D eigenvalue weighted by atomic mass is 10.2. The normalized spacial score (nSPS) is 10.1. The topological polar surface area (TPSA) is 58.2 Å². The standard InChI is InChI=1S/C15H11Cl2FN2O2/c16-9-5-10(17)7-13(6-9)20-15(22)8-14(21)19-12-3-1-11(18)2-4-12/h1-7H,8H2,(H,19,21)(H,20,22). The molecule has 0 aliphatic rings. The minimum absolute atomic E-state index is 0.374. The molecule has 114 valence electrons. The third-order valence-electron chi connectivity index (χ3n) is 2.60. The number of rotatable bonds is 4. The fourth-order valence-electron chi connectivity index (χ4n) is 1.72. The van der Waals surface area contributed by atoms with Crippen molar-refractivity contribution in [1.82, 2.24) is 0 Å². The second-order valence-corrected chi connectivity index (χ2v) is 5.31. The molecule has 2 aromatic carbocycles. The molecular formula is C15H11Cl2FN2O2. The van der Waals surface area contributed by atoms with E-state index in [2.05, 4.69) is 10.6 Å². The quantitative estimate of drug-likeness (QED) is 0.823. The van der Waals surface area contributed by atoms with Gasteiger partial charge in [-0.15, -0.1) is 0 Å². The molecule has 0 radical (unpaired) electrons. The summed E-state index contributed by atoms with van der Waals surface area (Å²) in [5.41, 5.74) is 0.807. The van der Waals surface area contributed by atoms with Gasteiger partial charge in [0.2, 0.25) is 11.8 Å². The molecule has 0 atom stereocenters. The first-order valence-corrected chi connectivity index (χ1v) is 6.99. The Balaban J connectivity index is 1.91. The molecule has 0 unspecified atom stereocenters. The number of benzene rings is 2. The van der Waals surface area contributed by atoms with E-state index in [4.69, 9.17) is 23.2 Å². The molecule has 4 nitrogen and oxygen atoms in total. The van der Waals surface area contributed by atoms with Crippen molar-refractivity contribution in [2.24, 2.45) is 0 Å². The average molecular weight is 341 g/mol. The van der Waals surface area contributed by atoms with Crippen LogP contribution in [0.25, 0.3) is 0 Å². The Morgan fingerprint density at radius 2 is 1.36 bits per heavy atom. The molecule has 2 aromatic rings. The zero-order chi connectivity index (χ0) is 16.1. The van der Waals surface area contributed by atoms with Crippen molar-refractivity contribution in [1.29, 1.82) is 0 Å². The Bertz CT molecular complexity index is 685. The van der Waals surface area contributed by atoms with Gasteiger partial charge in [0.15, 0.2) is 0 Å². The van der Waals surface area contributed by atoms with E-state index in [0.717, 1.165) is 0 Å². The summed E-state index contributed by atoms with van der Waals surface area (Å²) in [6, 6.07) is 9.80. The van der Waals surface area contributed by atoms with E-state index >= 15 is 0 Å². The molecule has 0 saturated carbocycles. The summed E-state index contributed by atoms with van der Waals surface area (Å²) >= 11 is 11.6. The van der Waals surface area contributed by atoms with Crippen LogP contribution in [0.2, 0.25) is 10.0 Å². The Morgan fingerprint density at radius 3 is 1.91 bits per heavy atom. The van der Waals surface area contributed by atoms with Crippen molar-refractivity contribution < 1.29 is 14.0 Å². The van der Waals surface area contributed by atoms with Crippen molar-refractivity contribution in [2.75, 3.05) is 10.6 Å². The molecule has 2 amide bonds. The second kappa shape index (κ2) is 7.24. The average Bonchev–Trinajstić information content (AvgIpc) is 2.39. The predicted molar refractivity (Wildman–Crippen MR) is 84.7 cm³/mol.